The van der Waals surface area contributed by atoms with Gasteiger partial charge in [0, 0.05) is 12.1 Å². The molecule has 0 unspecified atom stereocenters. The summed E-state index contributed by atoms with van der Waals surface area (Å²) in [4.78, 5) is 1.71. The van der Waals surface area contributed by atoms with Crippen LogP contribution in [0.1, 0.15) is 11.1 Å². The predicted molar refractivity (Wildman–Crippen MR) is 73.5 cm³/mol. The van der Waals surface area contributed by atoms with Crippen molar-refractivity contribution in [3.63, 3.8) is 0 Å². The Morgan fingerprint density at radius 3 is 2.50 bits per heavy atom. The summed E-state index contributed by atoms with van der Waals surface area (Å²) in [6, 6.07) is 9.47. The van der Waals surface area contributed by atoms with Gasteiger partial charge in [0.15, 0.2) is 0 Å². The maximum Gasteiger partial charge on any atom is 0.119 e. The molecule has 0 aliphatic carbocycles. The summed E-state index contributed by atoms with van der Waals surface area (Å²) in [6.45, 7) is 0.536. The summed E-state index contributed by atoms with van der Waals surface area (Å²) in [5.74, 6) is 6.14. The van der Waals surface area contributed by atoms with Crippen LogP contribution < -0.4 is 4.74 Å². The zero-order valence-electron chi connectivity index (χ0n) is 11.3. The lowest BCUT2D eigenvalue weighted by Crippen LogP contribution is -2.24. The molecule has 0 amide bonds. The third-order valence-corrected chi connectivity index (χ3v) is 2.60. The SMILES string of the molecule is COc1ccc(C#CCO)c(CN(CC#N)CC#N)c1. The number of methoxy groups -OCH3 is 1. The van der Waals surface area contributed by atoms with Crippen LogP contribution >= 0.6 is 0 Å². The van der Waals surface area contributed by atoms with E-state index in [2.05, 4.69) is 11.8 Å². The lowest BCUT2D eigenvalue weighted by atomic mass is 10.1. The van der Waals surface area contributed by atoms with Crippen LogP contribution in [0.25, 0.3) is 0 Å². The van der Waals surface area contributed by atoms with Gasteiger partial charge >= 0.3 is 0 Å². The van der Waals surface area contributed by atoms with E-state index < -0.39 is 0 Å². The smallest absolute Gasteiger partial charge is 0.119 e. The summed E-state index contributed by atoms with van der Waals surface area (Å²) in [5.41, 5.74) is 1.61. The molecule has 0 saturated carbocycles. The molecular weight excluding hydrogens is 254 g/mol. The number of nitriles is 2. The van der Waals surface area contributed by atoms with Gasteiger partial charge in [-0.15, -0.1) is 0 Å². The molecule has 0 aliphatic heterocycles. The molecule has 1 rings (SSSR count). The highest BCUT2D eigenvalue weighted by Gasteiger charge is 2.09. The van der Waals surface area contributed by atoms with Crippen molar-refractivity contribution in [3.8, 4) is 29.7 Å². The zero-order valence-corrected chi connectivity index (χ0v) is 11.3. The molecule has 5 heteroatoms. The third kappa shape index (κ3) is 4.63. The van der Waals surface area contributed by atoms with E-state index in [1.807, 2.05) is 18.2 Å². The van der Waals surface area contributed by atoms with Crippen molar-refractivity contribution in [1.29, 1.82) is 10.5 Å². The van der Waals surface area contributed by atoms with Gasteiger partial charge in [0.1, 0.15) is 12.4 Å². The molecule has 5 nitrogen and oxygen atoms in total. The fourth-order valence-electron chi connectivity index (χ4n) is 1.69. The van der Waals surface area contributed by atoms with E-state index in [1.165, 1.54) is 0 Å². The molecule has 0 atom stereocenters. The molecule has 0 heterocycles. The van der Waals surface area contributed by atoms with Crippen LogP contribution in [0.5, 0.6) is 5.75 Å². The largest absolute Gasteiger partial charge is 0.497 e. The van der Waals surface area contributed by atoms with Crippen LogP contribution in [0.2, 0.25) is 0 Å². The van der Waals surface area contributed by atoms with Gasteiger partial charge in [-0.25, -0.2) is 0 Å². The molecule has 0 fully saturated rings. The summed E-state index contributed by atoms with van der Waals surface area (Å²) < 4.78 is 5.17. The molecule has 102 valence electrons. The second-order valence-corrected chi connectivity index (χ2v) is 3.94. The van der Waals surface area contributed by atoms with Crippen molar-refractivity contribution in [3.05, 3.63) is 29.3 Å². The molecule has 0 aromatic heterocycles. The van der Waals surface area contributed by atoms with E-state index in [0.717, 1.165) is 11.1 Å². The van der Waals surface area contributed by atoms with Gasteiger partial charge in [0.2, 0.25) is 0 Å². The van der Waals surface area contributed by atoms with Crippen molar-refractivity contribution < 1.29 is 9.84 Å². The highest BCUT2D eigenvalue weighted by atomic mass is 16.5. The molecule has 0 aliphatic rings. The highest BCUT2D eigenvalue weighted by molar-refractivity contribution is 5.45. The number of nitrogens with zero attached hydrogens (tertiary/aromatic N) is 3. The van der Waals surface area contributed by atoms with Gasteiger partial charge in [0.05, 0.1) is 32.3 Å². The molecule has 1 N–H and O–H groups in total. The molecular formula is C15H15N3O2. The van der Waals surface area contributed by atoms with Crippen LogP contribution in [0.15, 0.2) is 18.2 Å². The summed E-state index contributed by atoms with van der Waals surface area (Å²) >= 11 is 0. The van der Waals surface area contributed by atoms with Crippen molar-refractivity contribution in [1.82, 2.24) is 4.90 Å². The van der Waals surface area contributed by atoms with Crippen molar-refractivity contribution in [2.24, 2.45) is 0 Å². The Labute approximate surface area is 118 Å². The Morgan fingerprint density at radius 2 is 1.95 bits per heavy atom. The monoisotopic (exact) mass is 269 g/mol. The van der Waals surface area contributed by atoms with Gasteiger partial charge < -0.3 is 9.84 Å². The van der Waals surface area contributed by atoms with Crippen LogP contribution in [-0.4, -0.2) is 36.8 Å². The number of hydrogen-bond acceptors (Lipinski definition) is 5. The standard InChI is InChI=1S/C15H15N3O2/c1-20-15-5-4-13(3-2-10-19)14(11-15)12-18(8-6-16)9-7-17/h4-5,11,19H,8-10,12H2,1H3. The second-order valence-electron chi connectivity index (χ2n) is 3.94. The molecule has 0 radical (unpaired) electrons. The first-order valence-electron chi connectivity index (χ1n) is 5.98. The fraction of sp³-hybridized carbons (Fsp3) is 0.333. The van der Waals surface area contributed by atoms with Gasteiger partial charge in [-0.2, -0.15) is 10.5 Å². The Hall–Kier alpha value is -2.52. The quantitative estimate of drug-likeness (QED) is 0.634. The van der Waals surface area contributed by atoms with Crippen LogP contribution in [-0.2, 0) is 6.54 Å². The predicted octanol–water partition coefficient (Wildman–Crippen LogP) is 0.888. The molecule has 0 spiro atoms. The maximum atomic E-state index is 8.77. The minimum absolute atomic E-state index is 0.164. The van der Waals surface area contributed by atoms with E-state index >= 15 is 0 Å². The van der Waals surface area contributed by atoms with Crippen LogP contribution in [0.3, 0.4) is 0 Å². The van der Waals surface area contributed by atoms with Crippen molar-refractivity contribution in [2.45, 2.75) is 6.54 Å². The number of hydrogen-bond donors (Lipinski definition) is 1. The number of aliphatic hydroxyl groups excluding tert-OH is 1. The maximum absolute atomic E-state index is 8.77. The minimum atomic E-state index is -0.217. The average Bonchev–Trinajstić information content (AvgIpc) is 2.46. The Morgan fingerprint density at radius 1 is 1.25 bits per heavy atom. The highest BCUT2D eigenvalue weighted by Crippen LogP contribution is 2.18. The molecule has 0 saturated heterocycles. The van der Waals surface area contributed by atoms with E-state index in [9.17, 15) is 0 Å². The van der Waals surface area contributed by atoms with Gasteiger partial charge in [-0.05, 0) is 23.8 Å². The van der Waals surface area contributed by atoms with Gasteiger partial charge in [-0.3, -0.25) is 4.90 Å². The van der Waals surface area contributed by atoms with E-state index in [-0.39, 0.29) is 19.7 Å². The Balaban J connectivity index is 3.06. The first-order chi connectivity index (χ1) is 9.74. The van der Waals surface area contributed by atoms with Gasteiger partial charge in [0.25, 0.3) is 0 Å². The van der Waals surface area contributed by atoms with Crippen LogP contribution in [0, 0.1) is 34.5 Å². The minimum Gasteiger partial charge on any atom is -0.497 e. The lowest BCUT2D eigenvalue weighted by Gasteiger charge is -2.17. The third-order valence-electron chi connectivity index (χ3n) is 2.60. The number of rotatable bonds is 5. The Bertz CT molecular complexity index is 572. The second kappa shape index (κ2) is 8.56. The van der Waals surface area contributed by atoms with Crippen molar-refractivity contribution >= 4 is 0 Å². The lowest BCUT2D eigenvalue weighted by molar-refractivity contribution is 0.333. The summed E-state index contributed by atoms with van der Waals surface area (Å²) in [6.07, 6.45) is 0. The first-order valence-corrected chi connectivity index (χ1v) is 5.98. The topological polar surface area (TPSA) is 80.3 Å². The number of aliphatic hydroxyl groups is 1. The van der Waals surface area contributed by atoms with E-state index in [1.54, 1.807) is 24.1 Å². The molecule has 1 aromatic carbocycles. The van der Waals surface area contributed by atoms with Gasteiger partial charge in [-0.1, -0.05) is 11.8 Å². The number of ether oxygens (including phenoxy) is 1. The summed E-state index contributed by atoms with van der Waals surface area (Å²) in [5, 5.41) is 26.3. The van der Waals surface area contributed by atoms with E-state index in [0.29, 0.717) is 12.3 Å². The van der Waals surface area contributed by atoms with Crippen LogP contribution in [0.4, 0.5) is 0 Å². The first kappa shape index (κ1) is 15.5. The Kier molecular flexibility index (Phi) is 6.65. The van der Waals surface area contributed by atoms with Crippen molar-refractivity contribution in [2.75, 3.05) is 26.8 Å². The average molecular weight is 269 g/mol. The normalized spacial score (nSPS) is 9.25. The summed E-state index contributed by atoms with van der Waals surface area (Å²) in [7, 11) is 1.57. The van der Waals surface area contributed by atoms with E-state index in [4.69, 9.17) is 20.4 Å². The molecule has 1 aromatic rings. The molecule has 0 bridgehead atoms. The zero-order chi connectivity index (χ0) is 14.8. The molecule has 20 heavy (non-hydrogen) atoms. The number of benzene rings is 1. The fourth-order valence-corrected chi connectivity index (χ4v) is 1.69.